The molecule has 0 aliphatic heterocycles. The van der Waals surface area contributed by atoms with Gasteiger partial charge in [-0.3, -0.25) is 0 Å². The Balaban J connectivity index is 1.35. The lowest BCUT2D eigenvalue weighted by Gasteiger charge is -2.16. The zero-order chi connectivity index (χ0) is 26.5. The molecule has 196 valence electrons. The molecule has 0 aliphatic carbocycles. The molecule has 39 heavy (non-hydrogen) atoms. The second-order valence-corrected chi connectivity index (χ2v) is 10.5. The molecule has 0 N–H and O–H groups in total. The van der Waals surface area contributed by atoms with Gasteiger partial charge in [0.25, 0.3) is 0 Å². The van der Waals surface area contributed by atoms with Crippen molar-refractivity contribution in [1.82, 2.24) is 0 Å². The fourth-order valence-electron chi connectivity index (χ4n) is 4.06. The molecule has 0 unspecified atom stereocenters. The number of hydrogen-bond acceptors (Lipinski definition) is 4. The Morgan fingerprint density at radius 2 is 0.718 bits per heavy atom. The van der Waals surface area contributed by atoms with E-state index in [2.05, 4.69) is 48.5 Å². The first-order chi connectivity index (χ1) is 19.4. The highest BCUT2D eigenvalue weighted by molar-refractivity contribution is 7.97. The van der Waals surface area contributed by atoms with Crippen LogP contribution >= 0.6 is 0 Å². The molecule has 0 fully saturated rings. The lowest BCUT2D eigenvalue weighted by atomic mass is 10.3. The van der Waals surface area contributed by atoms with Crippen LogP contribution < -0.4 is 18.9 Å². The van der Waals surface area contributed by atoms with E-state index in [0.717, 1.165) is 32.8 Å². The van der Waals surface area contributed by atoms with Gasteiger partial charge in [0.2, 0.25) is 9.79 Å². The second-order valence-electron chi connectivity index (χ2n) is 8.53. The topological polar surface area (TPSA) is 36.9 Å². The van der Waals surface area contributed by atoms with Crippen molar-refractivity contribution in [3.63, 3.8) is 0 Å². The third-order valence-electron chi connectivity index (χ3n) is 5.82. The molecule has 5 aromatic carbocycles. The summed E-state index contributed by atoms with van der Waals surface area (Å²) >= 11 is 0. The van der Waals surface area contributed by atoms with Crippen LogP contribution in [0.3, 0.4) is 0 Å². The van der Waals surface area contributed by atoms with Crippen molar-refractivity contribution >= 4 is 10.9 Å². The summed E-state index contributed by atoms with van der Waals surface area (Å²) in [5, 5.41) is 0. The van der Waals surface area contributed by atoms with Crippen molar-refractivity contribution in [1.29, 1.82) is 0 Å². The lowest BCUT2D eigenvalue weighted by Crippen LogP contribution is -2.14. The first-order valence-electron chi connectivity index (χ1n) is 13.0. The smallest absolute Gasteiger partial charge is 0.208 e. The van der Waals surface area contributed by atoms with Gasteiger partial charge in [-0.05, 0) is 60.7 Å². The van der Waals surface area contributed by atoms with Crippen LogP contribution in [0.25, 0.3) is 0 Å². The van der Waals surface area contributed by atoms with E-state index >= 15 is 0 Å². The van der Waals surface area contributed by atoms with Crippen molar-refractivity contribution < 1.29 is 18.9 Å². The molecule has 0 aromatic heterocycles. The molecule has 5 rings (SSSR count). The average molecular weight is 536 g/mol. The van der Waals surface area contributed by atoms with Crippen LogP contribution in [0.2, 0.25) is 0 Å². The van der Waals surface area contributed by atoms with Gasteiger partial charge in [0.15, 0.2) is 16.4 Å². The van der Waals surface area contributed by atoms with Crippen LogP contribution in [0.1, 0.15) is 0 Å². The Kier molecular flexibility index (Phi) is 9.42. The first kappa shape index (κ1) is 26.3. The van der Waals surface area contributed by atoms with Gasteiger partial charge in [-0.15, -0.1) is 0 Å². The first-order valence-corrected chi connectivity index (χ1v) is 14.2. The number of benzene rings is 5. The Morgan fingerprint density at radius 1 is 0.359 bits per heavy atom. The third kappa shape index (κ3) is 7.37. The standard InChI is InChI=1S/C34H31O4S/c1-4-14-28(15-5-1)35-24-26-37-31-20-10-12-22-33(31)39(30-18-8-3-9-19-30)34-23-13-11-21-32(34)38-27-25-36-29-16-6-2-7-17-29/h1-23H,24-27H2/q+1. The fraction of sp³-hybridized carbons (Fsp3) is 0.118. The summed E-state index contributed by atoms with van der Waals surface area (Å²) in [4.78, 5) is 3.38. The van der Waals surface area contributed by atoms with Gasteiger partial charge in [-0.2, -0.15) is 0 Å². The van der Waals surface area contributed by atoms with Crippen LogP contribution in [-0.4, -0.2) is 26.4 Å². The number of hydrogen-bond donors (Lipinski definition) is 0. The van der Waals surface area contributed by atoms with Crippen LogP contribution in [0.15, 0.2) is 154 Å². The van der Waals surface area contributed by atoms with Gasteiger partial charge in [0.1, 0.15) is 48.8 Å². The summed E-state index contributed by atoms with van der Waals surface area (Å²) in [5.41, 5.74) is 0. The molecular formula is C34H31O4S+. The summed E-state index contributed by atoms with van der Waals surface area (Å²) in [6.45, 7) is 1.79. The van der Waals surface area contributed by atoms with E-state index in [-0.39, 0.29) is 0 Å². The molecule has 0 spiro atoms. The average Bonchev–Trinajstić information content (AvgIpc) is 3.01. The number of rotatable bonds is 13. The van der Waals surface area contributed by atoms with Crippen molar-refractivity contribution in [3.05, 3.63) is 140 Å². The van der Waals surface area contributed by atoms with Crippen molar-refractivity contribution in [2.75, 3.05) is 26.4 Å². The third-order valence-corrected chi connectivity index (χ3v) is 8.12. The number of ether oxygens (including phenoxy) is 4. The lowest BCUT2D eigenvalue weighted by molar-refractivity contribution is 0.213. The highest BCUT2D eigenvalue weighted by Gasteiger charge is 2.34. The van der Waals surface area contributed by atoms with Crippen LogP contribution in [0.4, 0.5) is 0 Å². The van der Waals surface area contributed by atoms with E-state index in [1.54, 1.807) is 0 Å². The molecule has 5 aromatic rings. The zero-order valence-electron chi connectivity index (χ0n) is 21.6. The Bertz CT molecular complexity index is 1320. The van der Waals surface area contributed by atoms with E-state index in [4.69, 9.17) is 18.9 Å². The van der Waals surface area contributed by atoms with Gasteiger partial charge < -0.3 is 18.9 Å². The minimum atomic E-state index is -0.452. The van der Waals surface area contributed by atoms with Crippen LogP contribution in [0.5, 0.6) is 23.0 Å². The maximum absolute atomic E-state index is 6.29. The maximum Gasteiger partial charge on any atom is 0.208 e. The fourth-order valence-corrected chi connectivity index (χ4v) is 6.32. The normalized spacial score (nSPS) is 10.7. The minimum absolute atomic E-state index is 0.437. The van der Waals surface area contributed by atoms with Gasteiger partial charge in [-0.1, -0.05) is 78.9 Å². The highest BCUT2D eigenvalue weighted by atomic mass is 32.2. The number of para-hydroxylation sites is 4. The van der Waals surface area contributed by atoms with Crippen molar-refractivity contribution in [3.8, 4) is 23.0 Å². The molecule has 0 heterocycles. The molecule has 4 nitrogen and oxygen atoms in total. The van der Waals surface area contributed by atoms with E-state index < -0.39 is 10.9 Å². The van der Waals surface area contributed by atoms with Crippen LogP contribution in [0, 0.1) is 0 Å². The molecule has 0 aliphatic rings. The van der Waals surface area contributed by atoms with Gasteiger partial charge in [0, 0.05) is 0 Å². The molecule has 0 saturated carbocycles. The van der Waals surface area contributed by atoms with E-state index in [0.29, 0.717) is 26.4 Å². The molecule has 0 radical (unpaired) electrons. The molecule has 0 saturated heterocycles. The van der Waals surface area contributed by atoms with Crippen molar-refractivity contribution in [2.24, 2.45) is 0 Å². The van der Waals surface area contributed by atoms with Crippen molar-refractivity contribution in [2.45, 2.75) is 14.7 Å². The summed E-state index contributed by atoms with van der Waals surface area (Å²) in [5.74, 6) is 3.34. The minimum Gasteiger partial charge on any atom is -0.490 e. The predicted molar refractivity (Wildman–Crippen MR) is 156 cm³/mol. The zero-order valence-corrected chi connectivity index (χ0v) is 22.5. The Morgan fingerprint density at radius 3 is 1.18 bits per heavy atom. The predicted octanol–water partition coefficient (Wildman–Crippen LogP) is 7.70. The molecule has 0 bridgehead atoms. The maximum atomic E-state index is 6.29. The van der Waals surface area contributed by atoms with E-state index in [9.17, 15) is 0 Å². The summed E-state index contributed by atoms with van der Waals surface area (Å²) in [7, 11) is -0.452. The van der Waals surface area contributed by atoms with Gasteiger partial charge >= 0.3 is 0 Å². The SMILES string of the molecule is c1ccc(OCCOc2ccccc2[S+](c2ccccc2)c2ccccc2OCCOc2ccccc2)cc1. The van der Waals surface area contributed by atoms with E-state index in [1.165, 1.54) is 4.90 Å². The highest BCUT2D eigenvalue weighted by Crippen LogP contribution is 2.40. The second kappa shape index (κ2) is 14.0. The Labute approximate surface area is 233 Å². The largest absolute Gasteiger partial charge is 0.490 e. The monoisotopic (exact) mass is 535 g/mol. The van der Waals surface area contributed by atoms with Gasteiger partial charge in [-0.25, -0.2) is 0 Å². The Hall–Kier alpha value is -4.35. The molecule has 5 heteroatoms. The quantitative estimate of drug-likeness (QED) is 0.114. The summed E-state index contributed by atoms with van der Waals surface area (Å²) < 4.78 is 24.3. The van der Waals surface area contributed by atoms with Crippen LogP contribution in [-0.2, 0) is 10.9 Å². The summed E-state index contributed by atoms with van der Waals surface area (Å²) in [6.07, 6.45) is 0. The summed E-state index contributed by atoms with van der Waals surface area (Å²) in [6, 6.07) is 46.6. The molecule has 0 amide bonds. The van der Waals surface area contributed by atoms with E-state index in [1.807, 2.05) is 91.0 Å². The van der Waals surface area contributed by atoms with Gasteiger partial charge in [0.05, 0.1) is 0 Å². The molecular weight excluding hydrogens is 504 g/mol. The molecule has 0 atom stereocenters.